The van der Waals surface area contributed by atoms with E-state index in [9.17, 15) is 14.4 Å². The highest BCUT2D eigenvalue weighted by Gasteiger charge is 2.20. The van der Waals surface area contributed by atoms with Crippen molar-refractivity contribution in [2.75, 3.05) is 0 Å². The van der Waals surface area contributed by atoms with Crippen molar-refractivity contribution in [1.82, 2.24) is 5.32 Å². The van der Waals surface area contributed by atoms with Crippen LogP contribution in [0.5, 0.6) is 0 Å². The fraction of sp³-hybridized carbons (Fsp3) is 0.500. The third-order valence-electron chi connectivity index (χ3n) is 1.24. The van der Waals surface area contributed by atoms with Crippen molar-refractivity contribution in [2.24, 2.45) is 0 Å². The topological polar surface area (TPSA) is 124 Å². The Morgan fingerprint density at radius 3 is 2.38 bits per heavy atom. The molecule has 0 aromatic carbocycles. The second-order valence-electron chi connectivity index (χ2n) is 2.26. The first-order valence-electron chi connectivity index (χ1n) is 3.76. The van der Waals surface area contributed by atoms with E-state index in [1.807, 2.05) is 5.32 Å². The zero-order chi connectivity index (χ0) is 11.1. The van der Waals surface area contributed by atoms with Gasteiger partial charge in [-0.2, -0.15) is 0 Å². The molecule has 0 aliphatic carbocycles. The predicted octanol–water partition coefficient (Wildman–Crippen LogP) is -0.428. The molecule has 0 saturated carbocycles. The number of hydrogen-bond acceptors (Lipinski definition) is 4. The van der Waals surface area contributed by atoms with Gasteiger partial charge >= 0.3 is 18.0 Å². The second-order valence-corrected chi connectivity index (χ2v) is 2.26. The van der Waals surface area contributed by atoms with Crippen LogP contribution in [-0.2, 0) is 9.59 Å². The van der Waals surface area contributed by atoms with Gasteiger partial charge in [0.15, 0.2) is 0 Å². The molecule has 0 rings (SSSR count). The number of nitrogens with one attached hydrogen (secondary N) is 1. The van der Waals surface area contributed by atoms with Gasteiger partial charge in [-0.1, -0.05) is 0 Å². The Labute approximate surface area is 74.5 Å². The Balaban J connectivity index is 4.09. The lowest BCUT2D eigenvalue weighted by Crippen LogP contribution is -2.40. The average molecular weight is 192 g/mol. The highest BCUT2D eigenvalue weighted by atomic mass is 16.4. The maximum absolute atomic E-state index is 10.4. The van der Waals surface area contributed by atoms with Crippen molar-refractivity contribution in [1.29, 1.82) is 1.43 Å². The fourth-order valence-electron chi connectivity index (χ4n) is 0.667. The summed E-state index contributed by atoms with van der Waals surface area (Å²) >= 11 is 0. The molecule has 74 valence electrons. The molecular weight excluding hydrogens is 182 g/mol. The minimum Gasteiger partial charge on any atom is -0.481 e. The summed E-state index contributed by atoms with van der Waals surface area (Å²) in [7, 11) is 0. The van der Waals surface area contributed by atoms with Gasteiger partial charge in [0.05, 0.1) is 0 Å². The smallest absolute Gasteiger partial charge is 0.405 e. The van der Waals surface area contributed by atoms with Crippen LogP contribution in [0.1, 0.15) is 12.8 Å². The SMILES string of the molecule is [2H]OC(=O)N[C@@H](CCC(=O)O)C(=O)O. The second kappa shape index (κ2) is 4.96. The first-order valence-corrected chi connectivity index (χ1v) is 3.35. The minimum absolute atomic E-state index is 0.264. The van der Waals surface area contributed by atoms with Gasteiger partial charge in [-0.25, -0.2) is 9.59 Å². The van der Waals surface area contributed by atoms with E-state index in [2.05, 4.69) is 5.11 Å². The summed E-state index contributed by atoms with van der Waals surface area (Å²) in [6.45, 7) is 0. The zero-order valence-corrected chi connectivity index (χ0v) is 6.52. The Kier molecular flexibility index (Phi) is 3.55. The molecular formula is C6H9NO6. The van der Waals surface area contributed by atoms with Gasteiger partial charge in [0, 0.05) is 6.42 Å². The molecule has 1 amide bonds. The molecule has 0 radical (unpaired) electrons. The summed E-state index contributed by atoms with van der Waals surface area (Å²) in [5, 5.41) is 22.0. The van der Waals surface area contributed by atoms with Crippen molar-refractivity contribution in [3.8, 4) is 0 Å². The first-order chi connectivity index (χ1) is 6.47. The van der Waals surface area contributed by atoms with E-state index in [0.717, 1.165) is 0 Å². The standard InChI is InChI=1S/C6H9NO6/c8-4(9)2-1-3(5(10)11)7-6(12)13/h3,7H,1-2H2,(H,8,9)(H,10,11)(H,12,13)/t3-/m0/s1/i/hD. The van der Waals surface area contributed by atoms with E-state index in [-0.39, 0.29) is 6.42 Å². The van der Waals surface area contributed by atoms with Crippen molar-refractivity contribution in [2.45, 2.75) is 18.9 Å². The van der Waals surface area contributed by atoms with E-state index in [1.54, 1.807) is 0 Å². The van der Waals surface area contributed by atoms with Crippen molar-refractivity contribution < 1.29 is 29.7 Å². The average Bonchev–Trinajstić information content (AvgIpc) is 2.10. The van der Waals surface area contributed by atoms with Crippen LogP contribution >= 0.6 is 0 Å². The molecule has 4 N–H and O–H groups in total. The van der Waals surface area contributed by atoms with Crippen LogP contribution in [0, 0.1) is 0 Å². The third-order valence-corrected chi connectivity index (χ3v) is 1.24. The van der Waals surface area contributed by atoms with Crippen LogP contribution in [0.3, 0.4) is 0 Å². The number of hydrogen-bond donors (Lipinski definition) is 4. The molecule has 0 aromatic rings. The van der Waals surface area contributed by atoms with Gasteiger partial charge in [-0.05, 0) is 6.42 Å². The fourth-order valence-corrected chi connectivity index (χ4v) is 0.667. The summed E-state index contributed by atoms with van der Waals surface area (Å²) in [6, 6.07) is -1.36. The lowest BCUT2D eigenvalue weighted by atomic mass is 10.1. The summed E-state index contributed by atoms with van der Waals surface area (Å²) in [4.78, 5) is 31.0. The monoisotopic (exact) mass is 192 g/mol. The predicted molar refractivity (Wildman–Crippen MR) is 39.5 cm³/mol. The number of carboxylic acid groups (broad SMARTS) is 3. The third kappa shape index (κ3) is 5.48. The Morgan fingerprint density at radius 1 is 1.38 bits per heavy atom. The van der Waals surface area contributed by atoms with E-state index in [4.69, 9.17) is 11.6 Å². The van der Waals surface area contributed by atoms with Crippen molar-refractivity contribution in [3.63, 3.8) is 0 Å². The van der Waals surface area contributed by atoms with Crippen molar-refractivity contribution >= 4 is 18.0 Å². The van der Waals surface area contributed by atoms with E-state index < -0.39 is 30.5 Å². The maximum Gasteiger partial charge on any atom is 0.405 e. The molecule has 13 heavy (non-hydrogen) atoms. The highest BCUT2D eigenvalue weighted by Crippen LogP contribution is 1.97. The van der Waals surface area contributed by atoms with Crippen LogP contribution in [0.25, 0.3) is 1.43 Å². The number of amides is 1. The van der Waals surface area contributed by atoms with E-state index >= 15 is 0 Å². The molecule has 0 aromatic heterocycles. The molecule has 0 aliphatic heterocycles. The number of carboxylic acids is 2. The minimum atomic E-state index is -1.38. The Hall–Kier alpha value is -1.79. The largest absolute Gasteiger partial charge is 0.481 e. The first kappa shape index (κ1) is 9.30. The number of aliphatic carboxylic acids is 2. The molecule has 1 atom stereocenters. The molecule has 0 bridgehead atoms. The Morgan fingerprint density at radius 2 is 2.00 bits per heavy atom. The lowest BCUT2D eigenvalue weighted by Gasteiger charge is -2.09. The van der Waals surface area contributed by atoms with Gasteiger partial charge in [-0.15, -0.1) is 0 Å². The van der Waals surface area contributed by atoms with Gasteiger partial charge in [0.2, 0.25) is 0 Å². The van der Waals surface area contributed by atoms with Gasteiger partial charge < -0.3 is 20.6 Å². The number of carbonyl (C=O) groups is 3. The molecule has 0 saturated heterocycles. The summed E-state index contributed by atoms with van der Waals surface area (Å²) in [5.41, 5.74) is 0. The molecule has 0 aliphatic rings. The Bertz CT molecular complexity index is 242. The molecule has 7 nitrogen and oxygen atoms in total. The van der Waals surface area contributed by atoms with Crippen LogP contribution in [0.15, 0.2) is 0 Å². The molecule has 0 unspecified atom stereocenters. The highest BCUT2D eigenvalue weighted by molar-refractivity contribution is 5.79. The van der Waals surface area contributed by atoms with E-state index in [1.165, 1.54) is 0 Å². The molecule has 7 heteroatoms. The molecule has 0 heterocycles. The zero-order valence-electron chi connectivity index (χ0n) is 7.52. The normalized spacial score (nSPS) is 12.5. The lowest BCUT2D eigenvalue weighted by molar-refractivity contribution is -0.140. The molecule has 0 spiro atoms. The van der Waals surface area contributed by atoms with Gasteiger partial charge in [0.1, 0.15) is 6.04 Å². The van der Waals surface area contributed by atoms with Gasteiger partial charge in [0.25, 0.3) is 1.43 Å². The summed E-state index contributed by atoms with van der Waals surface area (Å²) in [5.74, 6) is -2.55. The van der Waals surface area contributed by atoms with Crippen LogP contribution in [0.4, 0.5) is 4.79 Å². The van der Waals surface area contributed by atoms with Crippen molar-refractivity contribution in [3.05, 3.63) is 0 Å². The van der Waals surface area contributed by atoms with E-state index in [0.29, 0.717) is 0 Å². The van der Waals surface area contributed by atoms with Crippen LogP contribution in [0.2, 0.25) is 0 Å². The maximum atomic E-state index is 10.4. The molecule has 0 fully saturated rings. The quantitative estimate of drug-likeness (QED) is 0.468. The number of rotatable bonds is 5. The van der Waals surface area contributed by atoms with Gasteiger partial charge in [-0.3, -0.25) is 4.79 Å². The van der Waals surface area contributed by atoms with Crippen LogP contribution < -0.4 is 5.32 Å². The summed E-state index contributed by atoms with van der Waals surface area (Å²) < 4.78 is 6.14. The summed E-state index contributed by atoms with van der Waals surface area (Å²) in [6.07, 6.45) is -1.89. The van der Waals surface area contributed by atoms with Crippen LogP contribution in [-0.4, -0.2) is 39.4 Å².